The van der Waals surface area contributed by atoms with Crippen LogP contribution in [0.5, 0.6) is 0 Å². The minimum atomic E-state index is -0.971. The smallest absolute Gasteiger partial charge is 0.405 e. The van der Waals surface area contributed by atoms with Gasteiger partial charge in [0.2, 0.25) is 5.60 Å². The fraction of sp³-hybridized carbons (Fsp3) is 0.375. The number of hydrogen-bond acceptors (Lipinski definition) is 6. The first-order valence-electron chi connectivity index (χ1n) is 4.28. The number of anilines is 1. The molecule has 0 atom stereocenters. The van der Waals surface area contributed by atoms with Gasteiger partial charge < -0.3 is 20.9 Å². The second-order valence-electron chi connectivity index (χ2n) is 3.21. The number of primary amides is 1. The Morgan fingerprint density at radius 3 is 2.80 bits per heavy atom. The van der Waals surface area contributed by atoms with Crippen LogP contribution >= 0.6 is 0 Å². The van der Waals surface area contributed by atoms with Gasteiger partial charge in [0.1, 0.15) is 5.82 Å². The fourth-order valence-corrected chi connectivity index (χ4v) is 1.31. The van der Waals surface area contributed by atoms with Crippen LogP contribution in [-0.4, -0.2) is 29.3 Å². The van der Waals surface area contributed by atoms with E-state index in [-0.39, 0.29) is 13.2 Å². The third-order valence-electron chi connectivity index (χ3n) is 2.05. The first-order valence-corrected chi connectivity index (χ1v) is 4.28. The van der Waals surface area contributed by atoms with E-state index in [1.807, 2.05) is 0 Å². The van der Waals surface area contributed by atoms with Gasteiger partial charge >= 0.3 is 6.09 Å². The molecule has 2 rings (SSSR count). The van der Waals surface area contributed by atoms with Crippen molar-refractivity contribution in [3.8, 4) is 0 Å². The van der Waals surface area contributed by atoms with Gasteiger partial charge in [-0.3, -0.25) is 0 Å². The van der Waals surface area contributed by atoms with Crippen molar-refractivity contribution in [2.75, 3.05) is 18.9 Å². The molecule has 0 bridgehead atoms. The number of nitrogens with zero attached hydrogens (tertiary/aromatic N) is 2. The van der Waals surface area contributed by atoms with Gasteiger partial charge in [0.25, 0.3) is 0 Å². The topological polar surface area (TPSA) is 113 Å². The van der Waals surface area contributed by atoms with Crippen molar-refractivity contribution in [1.29, 1.82) is 0 Å². The summed E-state index contributed by atoms with van der Waals surface area (Å²) in [7, 11) is 0. The standard InChI is InChI=1S/C8H10N4O3/c9-5-1-2-11-6(12-5)8(3-14-4-8)15-7(10)13/h1-2H,3-4H2,(H2,10,13)(H2,9,11,12). The van der Waals surface area contributed by atoms with Crippen molar-refractivity contribution in [3.05, 3.63) is 18.1 Å². The van der Waals surface area contributed by atoms with Crippen LogP contribution < -0.4 is 11.5 Å². The number of hydrogen-bond donors (Lipinski definition) is 2. The number of carbonyl (C=O) groups excluding carboxylic acids is 1. The highest BCUT2D eigenvalue weighted by Gasteiger charge is 2.47. The van der Waals surface area contributed by atoms with Crippen LogP contribution in [0.25, 0.3) is 0 Å². The van der Waals surface area contributed by atoms with E-state index in [0.717, 1.165) is 0 Å². The van der Waals surface area contributed by atoms with Crippen LogP contribution in [0.3, 0.4) is 0 Å². The molecule has 1 amide bonds. The number of amides is 1. The molecule has 1 fully saturated rings. The Balaban J connectivity index is 2.29. The maximum Gasteiger partial charge on any atom is 0.405 e. The molecule has 0 radical (unpaired) electrons. The molecule has 15 heavy (non-hydrogen) atoms. The summed E-state index contributed by atoms with van der Waals surface area (Å²) in [4.78, 5) is 18.7. The van der Waals surface area contributed by atoms with Crippen LogP contribution in [0.2, 0.25) is 0 Å². The normalized spacial score (nSPS) is 17.9. The quantitative estimate of drug-likeness (QED) is 0.672. The Kier molecular flexibility index (Phi) is 2.16. The highest BCUT2D eigenvalue weighted by molar-refractivity contribution is 5.65. The highest BCUT2D eigenvalue weighted by Crippen LogP contribution is 2.31. The zero-order chi connectivity index (χ0) is 10.9. The van der Waals surface area contributed by atoms with E-state index >= 15 is 0 Å². The summed E-state index contributed by atoms with van der Waals surface area (Å²) in [5, 5.41) is 0. The van der Waals surface area contributed by atoms with Crippen molar-refractivity contribution in [3.63, 3.8) is 0 Å². The summed E-state index contributed by atoms with van der Waals surface area (Å²) in [6.45, 7) is 0.388. The molecule has 0 aromatic carbocycles. The van der Waals surface area contributed by atoms with Gasteiger partial charge in [-0.25, -0.2) is 14.8 Å². The molecule has 4 N–H and O–H groups in total. The monoisotopic (exact) mass is 210 g/mol. The summed E-state index contributed by atoms with van der Waals surface area (Å²) < 4.78 is 9.93. The number of rotatable bonds is 2. The third kappa shape index (κ3) is 1.68. The van der Waals surface area contributed by atoms with E-state index in [9.17, 15) is 4.79 Å². The molecule has 1 aromatic heterocycles. The Morgan fingerprint density at radius 2 is 2.33 bits per heavy atom. The molecule has 0 spiro atoms. The molecule has 0 saturated carbocycles. The van der Waals surface area contributed by atoms with Gasteiger partial charge in [-0.1, -0.05) is 0 Å². The van der Waals surface area contributed by atoms with Gasteiger partial charge in [-0.2, -0.15) is 0 Å². The maximum absolute atomic E-state index is 10.7. The SMILES string of the molecule is NC(=O)OC1(c2nccc(N)n2)COC1. The molecule has 2 heterocycles. The van der Waals surface area contributed by atoms with Gasteiger partial charge in [-0.05, 0) is 6.07 Å². The number of ether oxygens (including phenoxy) is 2. The number of aromatic nitrogens is 2. The number of carbonyl (C=O) groups is 1. The van der Waals surface area contributed by atoms with Crippen LogP contribution in [0, 0.1) is 0 Å². The zero-order valence-electron chi connectivity index (χ0n) is 7.84. The highest BCUT2D eigenvalue weighted by atomic mass is 16.6. The van der Waals surface area contributed by atoms with E-state index in [1.165, 1.54) is 6.20 Å². The minimum absolute atomic E-state index is 0.194. The first-order chi connectivity index (χ1) is 7.12. The van der Waals surface area contributed by atoms with Crippen molar-refractivity contribution < 1.29 is 14.3 Å². The lowest BCUT2D eigenvalue weighted by Crippen LogP contribution is -2.52. The largest absolute Gasteiger partial charge is 0.430 e. The van der Waals surface area contributed by atoms with E-state index < -0.39 is 11.7 Å². The molecule has 7 heteroatoms. The summed E-state index contributed by atoms with van der Waals surface area (Å²) >= 11 is 0. The van der Waals surface area contributed by atoms with Crippen molar-refractivity contribution in [2.45, 2.75) is 5.60 Å². The van der Waals surface area contributed by atoms with Crippen LogP contribution in [-0.2, 0) is 15.1 Å². The molecule has 1 aliphatic rings. The van der Waals surface area contributed by atoms with E-state index in [0.29, 0.717) is 11.6 Å². The lowest BCUT2D eigenvalue weighted by atomic mass is 10.0. The van der Waals surface area contributed by atoms with Crippen LogP contribution in [0.4, 0.5) is 10.6 Å². The minimum Gasteiger partial charge on any atom is -0.430 e. The Bertz CT molecular complexity index is 391. The summed E-state index contributed by atoms with van der Waals surface area (Å²) in [6, 6.07) is 1.54. The van der Waals surface area contributed by atoms with Gasteiger partial charge in [0.05, 0.1) is 13.2 Å². The molecular formula is C8H10N4O3. The Labute approximate surface area is 85.4 Å². The summed E-state index contributed by atoms with van der Waals surface area (Å²) in [5.74, 6) is 0.617. The van der Waals surface area contributed by atoms with Crippen molar-refractivity contribution >= 4 is 11.9 Å². The fourth-order valence-electron chi connectivity index (χ4n) is 1.31. The molecule has 1 aliphatic heterocycles. The summed E-state index contributed by atoms with van der Waals surface area (Å²) in [6.07, 6.45) is 0.603. The third-order valence-corrected chi connectivity index (χ3v) is 2.05. The van der Waals surface area contributed by atoms with Crippen LogP contribution in [0.15, 0.2) is 12.3 Å². The first kappa shape index (κ1) is 9.66. The van der Waals surface area contributed by atoms with Gasteiger partial charge in [-0.15, -0.1) is 0 Å². The second kappa shape index (κ2) is 3.35. The lowest BCUT2D eigenvalue weighted by Gasteiger charge is -2.38. The Hall–Kier alpha value is -1.89. The predicted octanol–water partition coefficient (Wildman–Crippen LogP) is -0.620. The molecule has 0 aliphatic carbocycles. The molecule has 0 unspecified atom stereocenters. The zero-order valence-corrected chi connectivity index (χ0v) is 7.84. The predicted molar refractivity (Wildman–Crippen MR) is 49.6 cm³/mol. The van der Waals surface area contributed by atoms with E-state index in [2.05, 4.69) is 9.97 Å². The maximum atomic E-state index is 10.7. The van der Waals surface area contributed by atoms with Crippen molar-refractivity contribution in [2.24, 2.45) is 5.73 Å². The average molecular weight is 210 g/mol. The van der Waals surface area contributed by atoms with E-state index in [1.54, 1.807) is 6.07 Å². The van der Waals surface area contributed by atoms with E-state index in [4.69, 9.17) is 20.9 Å². The van der Waals surface area contributed by atoms with Gasteiger partial charge in [0, 0.05) is 6.20 Å². The molecule has 1 aromatic rings. The average Bonchev–Trinajstić information content (AvgIpc) is 2.11. The van der Waals surface area contributed by atoms with Crippen LogP contribution in [0.1, 0.15) is 5.82 Å². The summed E-state index contributed by atoms with van der Waals surface area (Å²) in [5.41, 5.74) is 9.49. The molecule has 80 valence electrons. The number of nitrogens with two attached hydrogens (primary N) is 2. The number of nitrogen functional groups attached to an aromatic ring is 1. The second-order valence-corrected chi connectivity index (χ2v) is 3.21. The molecule has 1 saturated heterocycles. The van der Waals surface area contributed by atoms with Gasteiger partial charge in [0.15, 0.2) is 5.82 Å². The van der Waals surface area contributed by atoms with Crippen molar-refractivity contribution in [1.82, 2.24) is 9.97 Å². The molecule has 7 nitrogen and oxygen atoms in total. The Morgan fingerprint density at radius 1 is 1.60 bits per heavy atom. The molecular weight excluding hydrogens is 200 g/mol. The lowest BCUT2D eigenvalue weighted by molar-refractivity contribution is -0.187.